The molecule has 0 saturated carbocycles. The number of hydrogen-bond donors (Lipinski definition) is 1. The predicted molar refractivity (Wildman–Crippen MR) is 93.9 cm³/mol. The highest BCUT2D eigenvalue weighted by Crippen LogP contribution is 2.26. The van der Waals surface area contributed by atoms with Gasteiger partial charge < -0.3 is 10.0 Å². The van der Waals surface area contributed by atoms with Crippen LogP contribution in [0.4, 0.5) is 0 Å². The number of fused-ring (bicyclic) bond motifs is 2. The van der Waals surface area contributed by atoms with E-state index in [4.69, 9.17) is 0 Å². The zero-order chi connectivity index (χ0) is 18.4. The molecular formula is C19H18N4O3. The molecular weight excluding hydrogens is 332 g/mol. The number of carbonyl (C=O) groups excluding carboxylic acids is 1. The molecule has 2 aromatic heterocycles. The Labute approximate surface area is 149 Å². The van der Waals surface area contributed by atoms with Crippen molar-refractivity contribution in [2.24, 2.45) is 0 Å². The van der Waals surface area contributed by atoms with Crippen molar-refractivity contribution < 1.29 is 14.7 Å². The molecule has 0 unspecified atom stereocenters. The third-order valence-corrected chi connectivity index (χ3v) is 4.80. The molecule has 0 fully saturated rings. The molecule has 7 nitrogen and oxygen atoms in total. The minimum Gasteiger partial charge on any atom is -0.480 e. The van der Waals surface area contributed by atoms with E-state index < -0.39 is 12.0 Å². The summed E-state index contributed by atoms with van der Waals surface area (Å²) in [4.78, 5) is 30.8. The van der Waals surface area contributed by atoms with Gasteiger partial charge in [-0.15, -0.1) is 0 Å². The number of carboxylic acid groups (broad SMARTS) is 1. The monoisotopic (exact) mass is 350 g/mol. The summed E-state index contributed by atoms with van der Waals surface area (Å²) in [5.74, 6) is -1.37. The third kappa shape index (κ3) is 2.52. The van der Waals surface area contributed by atoms with Crippen LogP contribution in [0.5, 0.6) is 0 Å². The smallest absolute Gasteiger partial charge is 0.326 e. The molecule has 3 heterocycles. The highest BCUT2D eigenvalue weighted by molar-refractivity contribution is 6.01. The minimum atomic E-state index is -1.01. The zero-order valence-electron chi connectivity index (χ0n) is 14.5. The first-order valence-electron chi connectivity index (χ1n) is 8.38. The summed E-state index contributed by atoms with van der Waals surface area (Å²) >= 11 is 0. The van der Waals surface area contributed by atoms with Gasteiger partial charge in [-0.25, -0.2) is 14.3 Å². The maximum Gasteiger partial charge on any atom is 0.326 e. The van der Waals surface area contributed by atoms with Crippen LogP contribution in [0, 0.1) is 13.8 Å². The van der Waals surface area contributed by atoms with Crippen LogP contribution in [-0.4, -0.2) is 42.5 Å². The van der Waals surface area contributed by atoms with E-state index in [0.717, 1.165) is 22.5 Å². The van der Waals surface area contributed by atoms with Crippen LogP contribution in [0.3, 0.4) is 0 Å². The van der Waals surface area contributed by atoms with Gasteiger partial charge in [-0.3, -0.25) is 4.79 Å². The number of benzene rings is 1. The molecule has 1 aliphatic rings. The van der Waals surface area contributed by atoms with Crippen molar-refractivity contribution >= 4 is 17.5 Å². The van der Waals surface area contributed by atoms with Gasteiger partial charge in [-0.2, -0.15) is 5.10 Å². The quantitative estimate of drug-likeness (QED) is 0.764. The lowest BCUT2D eigenvalue weighted by Crippen LogP contribution is -2.48. The van der Waals surface area contributed by atoms with E-state index in [2.05, 4.69) is 10.1 Å². The van der Waals surface area contributed by atoms with Gasteiger partial charge in [0.1, 0.15) is 11.6 Å². The average molecular weight is 350 g/mol. The van der Waals surface area contributed by atoms with Crippen molar-refractivity contribution in [3.8, 4) is 0 Å². The molecule has 1 aromatic carbocycles. The van der Waals surface area contributed by atoms with Crippen molar-refractivity contribution in [1.82, 2.24) is 19.5 Å². The first-order chi connectivity index (χ1) is 12.5. The van der Waals surface area contributed by atoms with E-state index in [0.29, 0.717) is 17.6 Å². The standard InChI is InChI=1S/C19H18N4O3/c1-11-7-12(2)23-17(21-11)15(9-20-23)18(24)22-10-14-6-4-3-5-13(14)8-16(22)19(25)26/h3-7,9,16H,8,10H2,1-2H3,(H,25,26)/t16-/m1/s1. The van der Waals surface area contributed by atoms with Crippen LogP contribution in [0.2, 0.25) is 0 Å². The van der Waals surface area contributed by atoms with Gasteiger partial charge in [-0.1, -0.05) is 24.3 Å². The molecule has 26 heavy (non-hydrogen) atoms. The molecule has 7 heteroatoms. The normalized spacial score (nSPS) is 16.5. The van der Waals surface area contributed by atoms with Gasteiger partial charge in [0.2, 0.25) is 0 Å². The number of amides is 1. The molecule has 0 bridgehead atoms. The topological polar surface area (TPSA) is 87.8 Å². The van der Waals surface area contributed by atoms with Gasteiger partial charge in [0.15, 0.2) is 5.65 Å². The number of carbonyl (C=O) groups is 2. The Balaban J connectivity index is 1.79. The maximum absolute atomic E-state index is 13.2. The summed E-state index contributed by atoms with van der Waals surface area (Å²) in [6, 6.07) is 8.60. The summed E-state index contributed by atoms with van der Waals surface area (Å²) in [5, 5.41) is 13.9. The van der Waals surface area contributed by atoms with Gasteiger partial charge in [0.05, 0.1) is 6.20 Å². The number of hydrogen-bond acceptors (Lipinski definition) is 4. The number of rotatable bonds is 2. The summed E-state index contributed by atoms with van der Waals surface area (Å²) < 4.78 is 1.61. The molecule has 1 aliphatic heterocycles. The van der Waals surface area contributed by atoms with Crippen molar-refractivity contribution in [2.75, 3.05) is 0 Å². The maximum atomic E-state index is 13.2. The van der Waals surface area contributed by atoms with E-state index in [1.54, 1.807) is 4.52 Å². The molecule has 0 spiro atoms. The first-order valence-corrected chi connectivity index (χ1v) is 8.38. The SMILES string of the molecule is Cc1cc(C)n2ncc(C(=O)N3Cc4ccccc4C[C@@H]3C(=O)O)c2n1. The Morgan fingerprint density at radius 1 is 1.19 bits per heavy atom. The second-order valence-corrected chi connectivity index (χ2v) is 6.59. The highest BCUT2D eigenvalue weighted by atomic mass is 16.4. The van der Waals surface area contributed by atoms with Gasteiger partial charge in [-0.05, 0) is 31.0 Å². The van der Waals surface area contributed by atoms with E-state index >= 15 is 0 Å². The number of carboxylic acids is 1. The molecule has 4 rings (SSSR count). The van der Waals surface area contributed by atoms with E-state index in [-0.39, 0.29) is 12.5 Å². The molecule has 1 amide bonds. The van der Waals surface area contributed by atoms with Gasteiger partial charge >= 0.3 is 5.97 Å². The second-order valence-electron chi connectivity index (χ2n) is 6.59. The summed E-state index contributed by atoms with van der Waals surface area (Å²) in [7, 11) is 0. The molecule has 1 atom stereocenters. The van der Waals surface area contributed by atoms with Crippen molar-refractivity contribution in [1.29, 1.82) is 0 Å². The van der Waals surface area contributed by atoms with E-state index in [9.17, 15) is 14.7 Å². The first kappa shape index (κ1) is 16.3. The summed E-state index contributed by atoms with van der Waals surface area (Å²) in [5.41, 5.74) is 4.36. The fourth-order valence-corrected chi connectivity index (χ4v) is 3.53. The van der Waals surface area contributed by atoms with Gasteiger partial charge in [0, 0.05) is 24.4 Å². The third-order valence-electron chi connectivity index (χ3n) is 4.80. The second kappa shape index (κ2) is 5.94. The fraction of sp³-hybridized carbons (Fsp3) is 0.263. The Morgan fingerprint density at radius 2 is 1.92 bits per heavy atom. The van der Waals surface area contributed by atoms with E-state index in [1.807, 2.05) is 44.2 Å². The lowest BCUT2D eigenvalue weighted by atomic mass is 9.93. The van der Waals surface area contributed by atoms with Gasteiger partial charge in [0.25, 0.3) is 5.91 Å². The van der Waals surface area contributed by atoms with Crippen molar-refractivity contribution in [3.63, 3.8) is 0 Å². The molecule has 0 radical (unpaired) electrons. The van der Waals surface area contributed by atoms with Crippen molar-refractivity contribution in [2.45, 2.75) is 32.9 Å². The highest BCUT2D eigenvalue weighted by Gasteiger charge is 2.36. The molecule has 0 saturated heterocycles. The predicted octanol–water partition coefficient (Wildman–Crippen LogP) is 2.00. The molecule has 132 valence electrons. The van der Waals surface area contributed by atoms with Crippen LogP contribution < -0.4 is 0 Å². The van der Waals surface area contributed by atoms with Crippen LogP contribution >= 0.6 is 0 Å². The Hall–Kier alpha value is -3.22. The number of nitrogens with zero attached hydrogens (tertiary/aromatic N) is 4. The summed E-state index contributed by atoms with van der Waals surface area (Å²) in [6.45, 7) is 4.00. The Bertz CT molecular complexity index is 1040. The number of aryl methyl sites for hydroxylation is 2. The Kier molecular flexibility index (Phi) is 3.72. The van der Waals surface area contributed by atoms with Crippen molar-refractivity contribution in [3.05, 3.63) is 64.6 Å². The van der Waals surface area contributed by atoms with Crippen LogP contribution in [-0.2, 0) is 17.8 Å². The zero-order valence-corrected chi connectivity index (χ0v) is 14.5. The number of aromatic nitrogens is 3. The van der Waals surface area contributed by atoms with Crippen LogP contribution in [0.1, 0.15) is 32.9 Å². The number of aliphatic carboxylic acids is 1. The largest absolute Gasteiger partial charge is 0.480 e. The van der Waals surface area contributed by atoms with Crippen LogP contribution in [0.15, 0.2) is 36.5 Å². The van der Waals surface area contributed by atoms with Crippen LogP contribution in [0.25, 0.3) is 5.65 Å². The van der Waals surface area contributed by atoms with E-state index in [1.165, 1.54) is 11.1 Å². The summed E-state index contributed by atoms with van der Waals surface area (Å²) in [6.07, 6.45) is 1.76. The lowest BCUT2D eigenvalue weighted by molar-refractivity contribution is -0.142. The Morgan fingerprint density at radius 3 is 2.65 bits per heavy atom. The molecule has 0 aliphatic carbocycles. The molecule has 1 N–H and O–H groups in total. The fourth-order valence-electron chi connectivity index (χ4n) is 3.53. The minimum absolute atomic E-state index is 0.258. The average Bonchev–Trinajstić information content (AvgIpc) is 3.04. The molecule has 3 aromatic rings. The lowest BCUT2D eigenvalue weighted by Gasteiger charge is -2.34.